The molecule has 0 radical (unpaired) electrons. The first-order chi connectivity index (χ1) is 13.6. The molecule has 5 heteroatoms. The summed E-state index contributed by atoms with van der Waals surface area (Å²) in [4.78, 5) is 17.7. The third-order valence-electron chi connectivity index (χ3n) is 4.89. The second-order valence-electron chi connectivity index (χ2n) is 7.08. The predicted molar refractivity (Wildman–Crippen MR) is 115 cm³/mol. The number of nitrogens with zero attached hydrogens (tertiary/aromatic N) is 1. The largest absolute Gasteiger partial charge is 0.493 e. The van der Waals surface area contributed by atoms with E-state index in [4.69, 9.17) is 16.2 Å². The van der Waals surface area contributed by atoms with Gasteiger partial charge in [0.2, 0.25) is 0 Å². The highest BCUT2D eigenvalue weighted by atomic mass is 16.5. The fourth-order valence-electron chi connectivity index (χ4n) is 3.53. The topological polar surface area (TPSA) is 90.7 Å². The zero-order chi connectivity index (χ0) is 20.5. The van der Waals surface area contributed by atoms with E-state index in [1.165, 1.54) is 6.20 Å². The van der Waals surface area contributed by atoms with E-state index in [-0.39, 0.29) is 11.7 Å². The lowest BCUT2D eigenvalue weighted by molar-refractivity contribution is -0.115. The van der Waals surface area contributed by atoms with Crippen LogP contribution in [-0.4, -0.2) is 18.2 Å². The number of nitrogens with two attached hydrogens (primary N) is 2. The van der Waals surface area contributed by atoms with Gasteiger partial charge in [0, 0.05) is 35.2 Å². The van der Waals surface area contributed by atoms with E-state index in [9.17, 15) is 4.79 Å². The minimum atomic E-state index is -0.346. The van der Waals surface area contributed by atoms with Crippen LogP contribution in [0.3, 0.4) is 0 Å². The molecule has 2 rings (SSSR count). The number of carbonyl (C=O) groups is 1. The van der Waals surface area contributed by atoms with Gasteiger partial charge in [-0.05, 0) is 25.3 Å². The van der Waals surface area contributed by atoms with Crippen LogP contribution in [0.4, 0.5) is 0 Å². The summed E-state index contributed by atoms with van der Waals surface area (Å²) in [5.74, 6) is 0.913. The molecule has 4 N–H and O–H groups in total. The molecular weight excluding hydrogens is 350 g/mol. The third kappa shape index (κ3) is 4.83. The van der Waals surface area contributed by atoms with Crippen molar-refractivity contribution in [3.63, 3.8) is 0 Å². The smallest absolute Gasteiger partial charge is 0.161 e. The van der Waals surface area contributed by atoms with Crippen LogP contribution in [0, 0.1) is 0 Å². The van der Waals surface area contributed by atoms with Crippen LogP contribution in [0.15, 0.2) is 52.3 Å². The number of para-hydroxylation sites is 1. The molecular formula is C23H33N3O2. The molecule has 0 spiro atoms. The van der Waals surface area contributed by atoms with Crippen molar-refractivity contribution in [1.29, 1.82) is 0 Å². The fourth-order valence-corrected chi connectivity index (χ4v) is 3.53. The molecule has 1 unspecified atom stereocenters. The summed E-state index contributed by atoms with van der Waals surface area (Å²) in [6.07, 6.45) is 6.36. The summed E-state index contributed by atoms with van der Waals surface area (Å²) in [5.41, 5.74) is 15.3. The highest BCUT2D eigenvalue weighted by Gasteiger charge is 2.35. The van der Waals surface area contributed by atoms with Gasteiger partial charge >= 0.3 is 0 Å². The molecule has 1 aromatic rings. The molecule has 1 aliphatic heterocycles. The monoisotopic (exact) mass is 383 g/mol. The van der Waals surface area contributed by atoms with Gasteiger partial charge in [0.05, 0.1) is 12.3 Å². The Morgan fingerprint density at radius 3 is 2.57 bits per heavy atom. The average molecular weight is 384 g/mol. The van der Waals surface area contributed by atoms with Crippen molar-refractivity contribution in [3.05, 3.63) is 52.9 Å². The van der Waals surface area contributed by atoms with Gasteiger partial charge < -0.3 is 16.2 Å². The van der Waals surface area contributed by atoms with Gasteiger partial charge in [-0.3, -0.25) is 4.79 Å². The van der Waals surface area contributed by atoms with E-state index >= 15 is 0 Å². The minimum Gasteiger partial charge on any atom is -0.493 e. The number of rotatable bonds is 10. The standard InChI is InChI=1S/C23H33N3O2/c1-4-7-14-28-20-13-9-8-12-16(20)21-17(15-24)23(25)26-18(10-5-2)22(21)19(27)11-6-3/h8-9,12-13,15,21H,4-7,10-11,14,24H2,1-3H3,(H2,25,26)/b17-15-. The Morgan fingerprint density at radius 1 is 1.18 bits per heavy atom. The quantitative estimate of drug-likeness (QED) is 0.578. The molecule has 0 amide bonds. The minimum absolute atomic E-state index is 0.106. The Bertz CT molecular complexity index is 778. The van der Waals surface area contributed by atoms with Gasteiger partial charge in [-0.2, -0.15) is 0 Å². The van der Waals surface area contributed by atoms with Gasteiger partial charge in [0.1, 0.15) is 11.6 Å². The van der Waals surface area contributed by atoms with E-state index < -0.39 is 0 Å². The molecule has 152 valence electrons. The summed E-state index contributed by atoms with van der Waals surface area (Å²) >= 11 is 0. The maximum absolute atomic E-state index is 13.1. The number of ketones is 1. The van der Waals surface area contributed by atoms with Crippen LogP contribution in [-0.2, 0) is 4.79 Å². The van der Waals surface area contributed by atoms with Crippen molar-refractivity contribution in [2.45, 2.75) is 65.2 Å². The van der Waals surface area contributed by atoms with Gasteiger partial charge in [-0.15, -0.1) is 0 Å². The number of unbranched alkanes of at least 4 members (excludes halogenated alkanes) is 1. The van der Waals surface area contributed by atoms with E-state index in [0.29, 0.717) is 36.4 Å². The number of Topliss-reactive ketones (excluding diaryl/α,β-unsaturated/α-hetero) is 1. The highest BCUT2D eigenvalue weighted by molar-refractivity contribution is 6.07. The molecule has 28 heavy (non-hydrogen) atoms. The molecule has 0 saturated heterocycles. The molecule has 1 aliphatic rings. The van der Waals surface area contributed by atoms with Crippen molar-refractivity contribution < 1.29 is 9.53 Å². The molecule has 0 fully saturated rings. The molecule has 0 aromatic heterocycles. The van der Waals surface area contributed by atoms with Gasteiger partial charge in [-0.1, -0.05) is 51.8 Å². The van der Waals surface area contributed by atoms with Crippen molar-refractivity contribution in [3.8, 4) is 5.75 Å². The molecule has 5 nitrogen and oxygen atoms in total. The predicted octanol–water partition coefficient (Wildman–Crippen LogP) is 4.59. The fraction of sp³-hybridized carbons (Fsp3) is 0.478. The maximum Gasteiger partial charge on any atom is 0.161 e. The van der Waals surface area contributed by atoms with Crippen molar-refractivity contribution in [1.82, 2.24) is 0 Å². The summed E-state index contributed by atoms with van der Waals surface area (Å²) in [6, 6.07) is 7.85. The van der Waals surface area contributed by atoms with Crippen molar-refractivity contribution in [2.75, 3.05) is 6.61 Å². The zero-order valence-electron chi connectivity index (χ0n) is 17.3. The Balaban J connectivity index is 2.63. The summed E-state index contributed by atoms with van der Waals surface area (Å²) in [6.45, 7) is 6.85. The third-order valence-corrected chi connectivity index (χ3v) is 4.89. The Hall–Kier alpha value is -2.56. The van der Waals surface area contributed by atoms with Crippen LogP contribution in [0.25, 0.3) is 0 Å². The SMILES string of the molecule is CCCCOc1ccccc1C1C(C(=O)CCC)=C(CCC)N=C(N)/C1=C\N. The first kappa shape index (κ1) is 21.7. The summed E-state index contributed by atoms with van der Waals surface area (Å²) in [5, 5.41) is 0. The van der Waals surface area contributed by atoms with Crippen molar-refractivity contribution >= 4 is 11.6 Å². The van der Waals surface area contributed by atoms with E-state index in [0.717, 1.165) is 42.7 Å². The van der Waals surface area contributed by atoms with E-state index in [1.807, 2.05) is 31.2 Å². The second-order valence-corrected chi connectivity index (χ2v) is 7.08. The number of hydrogen-bond donors (Lipinski definition) is 2. The number of aliphatic imine (C=N–C) groups is 1. The van der Waals surface area contributed by atoms with E-state index in [1.54, 1.807) is 0 Å². The van der Waals surface area contributed by atoms with Gasteiger partial charge in [-0.25, -0.2) is 4.99 Å². The Kier molecular flexibility index (Phi) is 8.30. The highest BCUT2D eigenvalue weighted by Crippen LogP contribution is 2.43. The van der Waals surface area contributed by atoms with Crippen LogP contribution in [0.5, 0.6) is 5.75 Å². The van der Waals surface area contributed by atoms with E-state index in [2.05, 4.69) is 18.8 Å². The molecule has 1 aromatic carbocycles. The normalized spacial score (nSPS) is 18.3. The molecule has 1 heterocycles. The maximum atomic E-state index is 13.1. The number of amidine groups is 1. The average Bonchev–Trinajstić information content (AvgIpc) is 2.68. The summed E-state index contributed by atoms with van der Waals surface area (Å²) in [7, 11) is 0. The van der Waals surface area contributed by atoms with Crippen molar-refractivity contribution in [2.24, 2.45) is 16.5 Å². The lowest BCUT2D eigenvalue weighted by atomic mass is 9.78. The lowest BCUT2D eigenvalue weighted by Gasteiger charge is -2.29. The Morgan fingerprint density at radius 2 is 1.93 bits per heavy atom. The lowest BCUT2D eigenvalue weighted by Crippen LogP contribution is -2.30. The van der Waals surface area contributed by atoms with Gasteiger partial charge in [0.25, 0.3) is 0 Å². The molecule has 1 atom stereocenters. The summed E-state index contributed by atoms with van der Waals surface area (Å²) < 4.78 is 6.06. The van der Waals surface area contributed by atoms with Crippen LogP contribution in [0.2, 0.25) is 0 Å². The number of ether oxygens (including phenoxy) is 1. The first-order valence-corrected chi connectivity index (χ1v) is 10.3. The second kappa shape index (κ2) is 10.7. The number of benzene rings is 1. The number of hydrogen-bond acceptors (Lipinski definition) is 5. The Labute approximate surface area is 168 Å². The van der Waals surface area contributed by atoms with Crippen LogP contribution < -0.4 is 16.2 Å². The molecule has 0 saturated carbocycles. The zero-order valence-corrected chi connectivity index (χ0v) is 17.3. The first-order valence-electron chi connectivity index (χ1n) is 10.3. The number of allylic oxidation sites excluding steroid dienone is 2. The molecule has 0 bridgehead atoms. The van der Waals surface area contributed by atoms with Crippen LogP contribution >= 0.6 is 0 Å². The number of carbonyl (C=O) groups excluding carboxylic acids is 1. The van der Waals surface area contributed by atoms with Crippen LogP contribution in [0.1, 0.15) is 70.8 Å². The van der Waals surface area contributed by atoms with Gasteiger partial charge in [0.15, 0.2) is 5.78 Å². The molecule has 0 aliphatic carbocycles.